The molecule has 2 atom stereocenters. The lowest BCUT2D eigenvalue weighted by molar-refractivity contribution is -0.157. The minimum Gasteiger partial charge on any atom is -0.485 e. The van der Waals surface area contributed by atoms with Crippen molar-refractivity contribution >= 4 is 17.6 Å². The second-order valence-corrected chi connectivity index (χ2v) is 6.42. The van der Waals surface area contributed by atoms with Crippen LogP contribution in [0.4, 0.5) is 5.69 Å². The summed E-state index contributed by atoms with van der Waals surface area (Å²) in [5.41, 5.74) is 2.01. The van der Waals surface area contributed by atoms with Crippen LogP contribution in [0.25, 0.3) is 0 Å². The Morgan fingerprint density at radius 2 is 1.85 bits per heavy atom. The second kappa shape index (κ2) is 6.71. The lowest BCUT2D eigenvalue weighted by Gasteiger charge is -2.26. The number of rotatable bonds is 3. The number of esters is 1. The Morgan fingerprint density at radius 3 is 2.69 bits per heavy atom. The fraction of sp³-hybridized carbons (Fsp3) is 0.300. The predicted octanol–water partition coefficient (Wildman–Crippen LogP) is 2.35. The molecule has 0 saturated heterocycles. The molecule has 0 aromatic heterocycles. The molecule has 134 valence electrons. The molecule has 2 heterocycles. The van der Waals surface area contributed by atoms with Gasteiger partial charge in [-0.25, -0.2) is 4.79 Å². The standard InChI is InChI=1S/C20H19NO5/c1-13-10-14-6-2-3-7-15(14)21(13)19(22)12-25-20(23)18-11-24-16-8-4-5-9-17(16)26-18/h2-9,13,18H,10-12H2,1H3/t13-,18-/m0/s1. The van der Waals surface area contributed by atoms with Crippen LogP contribution in [-0.2, 0) is 20.7 Å². The lowest BCUT2D eigenvalue weighted by atomic mass is 10.1. The van der Waals surface area contributed by atoms with Gasteiger partial charge in [0.25, 0.3) is 5.91 Å². The molecule has 6 heteroatoms. The molecule has 2 aromatic carbocycles. The highest BCUT2D eigenvalue weighted by Crippen LogP contribution is 2.32. The van der Waals surface area contributed by atoms with Crippen molar-refractivity contribution in [3.8, 4) is 11.5 Å². The van der Waals surface area contributed by atoms with Gasteiger partial charge in [0, 0.05) is 11.7 Å². The van der Waals surface area contributed by atoms with Crippen LogP contribution < -0.4 is 14.4 Å². The third-order valence-corrected chi connectivity index (χ3v) is 4.59. The second-order valence-electron chi connectivity index (χ2n) is 6.42. The number of hydrogen-bond acceptors (Lipinski definition) is 5. The van der Waals surface area contributed by atoms with E-state index in [-0.39, 0.29) is 25.2 Å². The van der Waals surface area contributed by atoms with E-state index in [1.54, 1.807) is 23.1 Å². The summed E-state index contributed by atoms with van der Waals surface area (Å²) < 4.78 is 16.3. The molecule has 6 nitrogen and oxygen atoms in total. The summed E-state index contributed by atoms with van der Waals surface area (Å²) in [5, 5.41) is 0. The summed E-state index contributed by atoms with van der Waals surface area (Å²) in [6.07, 6.45) is -0.0762. The first kappa shape index (κ1) is 16.4. The molecule has 0 fully saturated rings. The van der Waals surface area contributed by atoms with Gasteiger partial charge in [0.15, 0.2) is 18.1 Å². The summed E-state index contributed by atoms with van der Waals surface area (Å²) in [7, 11) is 0. The summed E-state index contributed by atoms with van der Waals surface area (Å²) in [6.45, 7) is 1.72. The Hall–Kier alpha value is -3.02. The van der Waals surface area contributed by atoms with E-state index in [1.165, 1.54) is 0 Å². The van der Waals surface area contributed by atoms with Gasteiger partial charge in [-0.3, -0.25) is 4.79 Å². The topological polar surface area (TPSA) is 65.1 Å². The Kier molecular flexibility index (Phi) is 4.24. The molecule has 1 amide bonds. The summed E-state index contributed by atoms with van der Waals surface area (Å²) >= 11 is 0. The van der Waals surface area contributed by atoms with E-state index in [0.717, 1.165) is 17.7 Å². The molecule has 0 bridgehead atoms. The van der Waals surface area contributed by atoms with Crippen molar-refractivity contribution in [3.63, 3.8) is 0 Å². The van der Waals surface area contributed by atoms with E-state index in [2.05, 4.69) is 0 Å². The normalized spacial score (nSPS) is 20.4. The Bertz CT molecular complexity index is 850. The minimum atomic E-state index is -0.874. The van der Waals surface area contributed by atoms with Crippen LogP contribution >= 0.6 is 0 Å². The number of carbonyl (C=O) groups is 2. The van der Waals surface area contributed by atoms with Crippen LogP contribution in [-0.4, -0.2) is 37.2 Å². The van der Waals surface area contributed by atoms with Crippen molar-refractivity contribution in [1.29, 1.82) is 0 Å². The average Bonchev–Trinajstić information content (AvgIpc) is 3.01. The molecule has 0 spiro atoms. The molecule has 4 rings (SSSR count). The van der Waals surface area contributed by atoms with Gasteiger partial charge in [0.1, 0.15) is 6.61 Å². The monoisotopic (exact) mass is 353 g/mol. The van der Waals surface area contributed by atoms with Crippen LogP contribution in [0.15, 0.2) is 48.5 Å². The number of hydrogen-bond donors (Lipinski definition) is 0. The van der Waals surface area contributed by atoms with Crippen LogP contribution in [0.1, 0.15) is 12.5 Å². The summed E-state index contributed by atoms with van der Waals surface area (Å²) in [6, 6.07) is 14.9. The van der Waals surface area contributed by atoms with Crippen LogP contribution in [0.2, 0.25) is 0 Å². The van der Waals surface area contributed by atoms with Gasteiger partial charge in [0.2, 0.25) is 6.10 Å². The van der Waals surface area contributed by atoms with E-state index in [9.17, 15) is 9.59 Å². The maximum Gasteiger partial charge on any atom is 0.351 e. The SMILES string of the molecule is C[C@H]1Cc2ccccc2N1C(=O)COC(=O)[C@@H]1COc2ccccc2O1. The molecular formula is C20H19NO5. The van der Waals surface area contributed by atoms with Gasteiger partial charge in [-0.15, -0.1) is 0 Å². The lowest BCUT2D eigenvalue weighted by Crippen LogP contribution is -2.42. The highest BCUT2D eigenvalue weighted by molar-refractivity contribution is 5.98. The Labute approximate surface area is 151 Å². The van der Waals surface area contributed by atoms with Gasteiger partial charge in [-0.2, -0.15) is 0 Å². The molecule has 0 saturated carbocycles. The van der Waals surface area contributed by atoms with Crippen molar-refractivity contribution in [1.82, 2.24) is 0 Å². The first-order valence-corrected chi connectivity index (χ1v) is 8.58. The number of amides is 1. The zero-order valence-corrected chi connectivity index (χ0v) is 14.4. The molecular weight excluding hydrogens is 334 g/mol. The Morgan fingerprint density at radius 1 is 1.12 bits per heavy atom. The molecule has 2 aromatic rings. The molecule has 0 unspecified atom stereocenters. The van der Waals surface area contributed by atoms with Crippen molar-refractivity contribution in [2.45, 2.75) is 25.5 Å². The van der Waals surface area contributed by atoms with E-state index in [1.807, 2.05) is 37.3 Å². The van der Waals surface area contributed by atoms with Crippen LogP contribution in [0, 0.1) is 0 Å². The van der Waals surface area contributed by atoms with E-state index < -0.39 is 12.1 Å². The van der Waals surface area contributed by atoms with Gasteiger partial charge >= 0.3 is 5.97 Å². The highest BCUT2D eigenvalue weighted by atomic mass is 16.6. The number of carbonyl (C=O) groups excluding carboxylic acids is 2. The van der Waals surface area contributed by atoms with E-state index >= 15 is 0 Å². The number of anilines is 1. The van der Waals surface area contributed by atoms with E-state index in [4.69, 9.17) is 14.2 Å². The molecule has 2 aliphatic rings. The smallest absolute Gasteiger partial charge is 0.351 e. The molecule has 0 N–H and O–H groups in total. The largest absolute Gasteiger partial charge is 0.485 e. The fourth-order valence-corrected chi connectivity index (χ4v) is 3.38. The first-order chi connectivity index (χ1) is 12.6. The van der Waals surface area contributed by atoms with Gasteiger partial charge < -0.3 is 19.1 Å². The highest BCUT2D eigenvalue weighted by Gasteiger charge is 2.33. The van der Waals surface area contributed by atoms with Crippen molar-refractivity contribution in [2.24, 2.45) is 0 Å². The van der Waals surface area contributed by atoms with Crippen molar-refractivity contribution < 1.29 is 23.8 Å². The average molecular weight is 353 g/mol. The molecule has 0 radical (unpaired) electrons. The van der Waals surface area contributed by atoms with Gasteiger partial charge in [-0.1, -0.05) is 30.3 Å². The van der Waals surface area contributed by atoms with Gasteiger partial charge in [-0.05, 0) is 37.1 Å². The quantitative estimate of drug-likeness (QED) is 0.793. The van der Waals surface area contributed by atoms with Crippen LogP contribution in [0.5, 0.6) is 11.5 Å². The minimum absolute atomic E-state index is 0.0414. The molecule has 26 heavy (non-hydrogen) atoms. The first-order valence-electron chi connectivity index (χ1n) is 8.58. The third kappa shape index (κ3) is 2.98. The zero-order chi connectivity index (χ0) is 18.1. The number of benzene rings is 2. The van der Waals surface area contributed by atoms with Gasteiger partial charge in [0.05, 0.1) is 0 Å². The summed E-state index contributed by atoms with van der Waals surface area (Å²) in [4.78, 5) is 26.5. The van der Waals surface area contributed by atoms with E-state index in [0.29, 0.717) is 11.5 Å². The Balaban J connectivity index is 1.37. The molecule has 0 aliphatic carbocycles. The summed E-state index contributed by atoms with van der Waals surface area (Å²) in [5.74, 6) is 0.241. The van der Waals surface area contributed by atoms with Crippen LogP contribution in [0.3, 0.4) is 0 Å². The maximum atomic E-state index is 12.6. The fourth-order valence-electron chi connectivity index (χ4n) is 3.38. The maximum absolute atomic E-state index is 12.6. The van der Waals surface area contributed by atoms with Crippen molar-refractivity contribution in [3.05, 3.63) is 54.1 Å². The predicted molar refractivity (Wildman–Crippen MR) is 94.4 cm³/mol. The number of para-hydroxylation sites is 3. The number of ether oxygens (including phenoxy) is 3. The number of nitrogens with zero attached hydrogens (tertiary/aromatic N) is 1. The van der Waals surface area contributed by atoms with Crippen molar-refractivity contribution in [2.75, 3.05) is 18.1 Å². The zero-order valence-electron chi connectivity index (χ0n) is 14.4. The number of fused-ring (bicyclic) bond motifs is 2. The third-order valence-electron chi connectivity index (χ3n) is 4.59. The molecule has 2 aliphatic heterocycles.